The van der Waals surface area contributed by atoms with Crippen molar-refractivity contribution in [3.8, 4) is 0 Å². The average Bonchev–Trinajstić information content (AvgIpc) is 2.39. The van der Waals surface area contributed by atoms with Gasteiger partial charge >= 0.3 is 0 Å². The quantitative estimate of drug-likeness (QED) is 0.784. The highest BCUT2D eigenvalue weighted by Gasteiger charge is 2.22. The molecule has 0 spiro atoms. The third-order valence-corrected chi connectivity index (χ3v) is 4.25. The van der Waals surface area contributed by atoms with Crippen LogP contribution in [0.5, 0.6) is 0 Å². The van der Waals surface area contributed by atoms with Crippen LogP contribution in [0.2, 0.25) is 5.02 Å². The second-order valence-corrected chi connectivity index (χ2v) is 5.79. The zero-order valence-electron chi connectivity index (χ0n) is 11.0. The van der Waals surface area contributed by atoms with Crippen molar-refractivity contribution in [2.45, 2.75) is 24.8 Å². The lowest BCUT2D eigenvalue weighted by atomic mass is 10.0. The summed E-state index contributed by atoms with van der Waals surface area (Å²) >= 11 is 12.1. The summed E-state index contributed by atoms with van der Waals surface area (Å²) in [5.41, 5.74) is 2.37. The van der Waals surface area contributed by atoms with Crippen LogP contribution in [0.25, 0.3) is 0 Å². The Hall–Kier alpha value is -0.440. The highest BCUT2D eigenvalue weighted by Crippen LogP contribution is 2.29. The van der Waals surface area contributed by atoms with Crippen LogP contribution in [0.15, 0.2) is 18.2 Å². The van der Waals surface area contributed by atoms with Crippen LogP contribution in [-0.2, 0) is 5.88 Å². The van der Waals surface area contributed by atoms with E-state index in [1.807, 2.05) is 18.2 Å². The maximum atomic E-state index is 6.09. The van der Waals surface area contributed by atoms with Crippen LogP contribution in [0, 0.1) is 0 Å². The second kappa shape index (κ2) is 6.14. The number of nitrogens with zero attached hydrogens (tertiary/aromatic N) is 2. The average molecular weight is 287 g/mol. The van der Waals surface area contributed by atoms with Gasteiger partial charge in [0.05, 0.1) is 0 Å². The van der Waals surface area contributed by atoms with E-state index in [4.69, 9.17) is 23.2 Å². The molecule has 0 amide bonds. The van der Waals surface area contributed by atoms with Crippen LogP contribution in [0.3, 0.4) is 0 Å². The smallest absolute Gasteiger partial charge is 0.0494 e. The summed E-state index contributed by atoms with van der Waals surface area (Å²) in [4.78, 5) is 4.72. The van der Waals surface area contributed by atoms with Gasteiger partial charge in [-0.15, -0.1) is 11.6 Å². The fraction of sp³-hybridized carbons (Fsp3) is 0.571. The van der Waals surface area contributed by atoms with Crippen molar-refractivity contribution >= 4 is 28.9 Å². The summed E-state index contributed by atoms with van der Waals surface area (Å²) < 4.78 is 0. The molecule has 0 radical (unpaired) electrons. The van der Waals surface area contributed by atoms with Gasteiger partial charge in [-0.2, -0.15) is 0 Å². The minimum atomic E-state index is 0.542. The van der Waals surface area contributed by atoms with Crippen molar-refractivity contribution in [1.82, 2.24) is 4.90 Å². The molecule has 100 valence electrons. The molecule has 0 aromatic heterocycles. The van der Waals surface area contributed by atoms with E-state index < -0.39 is 0 Å². The fourth-order valence-corrected chi connectivity index (χ4v) is 2.96. The molecule has 1 heterocycles. The first kappa shape index (κ1) is 14.0. The topological polar surface area (TPSA) is 6.48 Å². The van der Waals surface area contributed by atoms with Crippen LogP contribution in [0.1, 0.15) is 18.4 Å². The van der Waals surface area contributed by atoms with Crippen molar-refractivity contribution in [1.29, 1.82) is 0 Å². The van der Waals surface area contributed by atoms with E-state index in [1.54, 1.807) is 0 Å². The summed E-state index contributed by atoms with van der Waals surface area (Å²) in [6.07, 6.45) is 2.39. The van der Waals surface area contributed by atoms with Crippen LogP contribution >= 0.6 is 23.2 Å². The van der Waals surface area contributed by atoms with Crippen molar-refractivity contribution in [3.63, 3.8) is 0 Å². The third kappa shape index (κ3) is 3.11. The predicted octanol–water partition coefficient (Wildman–Crippen LogP) is 3.61. The Morgan fingerprint density at radius 1 is 1.28 bits per heavy atom. The SMILES string of the molecule is CN(C)C1CCN(c2cc(Cl)ccc2CCl)CC1. The molecule has 1 aromatic carbocycles. The van der Waals surface area contributed by atoms with Gasteiger partial charge in [0, 0.05) is 35.7 Å². The third-order valence-electron chi connectivity index (χ3n) is 3.73. The van der Waals surface area contributed by atoms with Crippen molar-refractivity contribution in [3.05, 3.63) is 28.8 Å². The molecule has 1 saturated heterocycles. The van der Waals surface area contributed by atoms with Crippen LogP contribution < -0.4 is 4.90 Å². The van der Waals surface area contributed by atoms with Crippen molar-refractivity contribution in [2.75, 3.05) is 32.1 Å². The summed E-state index contributed by atoms with van der Waals surface area (Å²) in [6, 6.07) is 6.67. The number of halogens is 2. The molecule has 0 N–H and O–H groups in total. The number of hydrogen-bond acceptors (Lipinski definition) is 2. The van der Waals surface area contributed by atoms with Gasteiger partial charge in [0.15, 0.2) is 0 Å². The number of hydrogen-bond donors (Lipinski definition) is 0. The molecular formula is C14H20Cl2N2. The maximum absolute atomic E-state index is 6.09. The number of alkyl halides is 1. The minimum absolute atomic E-state index is 0.542. The molecule has 1 aliphatic rings. The van der Waals surface area contributed by atoms with Crippen LogP contribution in [-0.4, -0.2) is 38.1 Å². The number of piperidine rings is 1. The standard InChI is InChI=1S/C14H20Cl2N2/c1-17(2)13-5-7-18(8-6-13)14-9-12(16)4-3-11(14)10-15/h3-4,9,13H,5-8,10H2,1-2H3. The molecule has 4 heteroatoms. The monoisotopic (exact) mass is 286 g/mol. The Kier molecular flexibility index (Phi) is 4.77. The van der Waals surface area contributed by atoms with E-state index in [-0.39, 0.29) is 0 Å². The highest BCUT2D eigenvalue weighted by atomic mass is 35.5. The molecule has 0 atom stereocenters. The molecule has 18 heavy (non-hydrogen) atoms. The van der Waals surface area contributed by atoms with Gasteiger partial charge in [0.2, 0.25) is 0 Å². The largest absolute Gasteiger partial charge is 0.371 e. The zero-order chi connectivity index (χ0) is 13.1. The Morgan fingerprint density at radius 2 is 1.94 bits per heavy atom. The van der Waals surface area contributed by atoms with E-state index in [0.29, 0.717) is 11.9 Å². The molecule has 1 fully saturated rings. The van der Waals surface area contributed by atoms with Gasteiger partial charge in [0.25, 0.3) is 0 Å². The first-order valence-corrected chi connectivity index (χ1v) is 7.29. The van der Waals surface area contributed by atoms with Gasteiger partial charge in [-0.1, -0.05) is 17.7 Å². The van der Waals surface area contributed by atoms with Gasteiger partial charge in [-0.05, 0) is 44.6 Å². The van der Waals surface area contributed by atoms with Gasteiger partial charge in [-0.3, -0.25) is 0 Å². The maximum Gasteiger partial charge on any atom is 0.0494 e. The summed E-state index contributed by atoms with van der Waals surface area (Å²) in [6.45, 7) is 2.15. The zero-order valence-corrected chi connectivity index (χ0v) is 12.5. The van der Waals surface area contributed by atoms with E-state index in [0.717, 1.165) is 18.1 Å². The first-order chi connectivity index (χ1) is 8.61. The van der Waals surface area contributed by atoms with E-state index in [9.17, 15) is 0 Å². The normalized spacial score (nSPS) is 17.5. The molecule has 0 unspecified atom stereocenters. The molecule has 0 saturated carbocycles. The molecule has 1 aromatic rings. The van der Waals surface area contributed by atoms with Gasteiger partial charge < -0.3 is 9.80 Å². The highest BCUT2D eigenvalue weighted by molar-refractivity contribution is 6.31. The molecule has 2 nitrogen and oxygen atoms in total. The van der Waals surface area contributed by atoms with Crippen LogP contribution in [0.4, 0.5) is 5.69 Å². The van der Waals surface area contributed by atoms with Gasteiger partial charge in [-0.25, -0.2) is 0 Å². The van der Waals surface area contributed by atoms with Crippen molar-refractivity contribution in [2.24, 2.45) is 0 Å². The molecule has 0 aliphatic carbocycles. The fourth-order valence-electron chi connectivity index (χ4n) is 2.57. The second-order valence-electron chi connectivity index (χ2n) is 5.09. The van der Waals surface area contributed by atoms with E-state index in [2.05, 4.69) is 23.9 Å². The first-order valence-electron chi connectivity index (χ1n) is 6.37. The molecule has 2 rings (SSSR count). The summed E-state index contributed by atoms with van der Waals surface area (Å²) in [7, 11) is 4.31. The number of benzene rings is 1. The summed E-state index contributed by atoms with van der Waals surface area (Å²) in [5.74, 6) is 0.542. The Bertz CT molecular complexity index is 399. The number of rotatable bonds is 3. The summed E-state index contributed by atoms with van der Waals surface area (Å²) in [5, 5.41) is 0.786. The lowest BCUT2D eigenvalue weighted by molar-refractivity contribution is 0.249. The predicted molar refractivity (Wildman–Crippen MR) is 79.9 cm³/mol. The van der Waals surface area contributed by atoms with Crippen molar-refractivity contribution < 1.29 is 0 Å². The Labute approximate surface area is 119 Å². The molecule has 1 aliphatic heterocycles. The molecule has 0 bridgehead atoms. The van der Waals surface area contributed by atoms with E-state index >= 15 is 0 Å². The Balaban J connectivity index is 2.11. The van der Waals surface area contributed by atoms with E-state index in [1.165, 1.54) is 24.1 Å². The van der Waals surface area contributed by atoms with Gasteiger partial charge in [0.1, 0.15) is 0 Å². The minimum Gasteiger partial charge on any atom is -0.371 e. The molecular weight excluding hydrogens is 267 g/mol. The number of anilines is 1. The lowest BCUT2D eigenvalue weighted by Gasteiger charge is -2.37. The lowest BCUT2D eigenvalue weighted by Crippen LogP contribution is -2.42. The Morgan fingerprint density at radius 3 is 2.50 bits per heavy atom.